The molecule has 4 heteroatoms. The van der Waals surface area contributed by atoms with Gasteiger partial charge in [0.05, 0.1) is 0 Å². The highest BCUT2D eigenvalue weighted by molar-refractivity contribution is 7.98. The van der Waals surface area contributed by atoms with Crippen LogP contribution in [-0.4, -0.2) is 30.8 Å². The summed E-state index contributed by atoms with van der Waals surface area (Å²) in [5.74, 6) is 2.01. The lowest BCUT2D eigenvalue weighted by Gasteiger charge is -2.10. The Hall–Kier alpha value is -1.26. The van der Waals surface area contributed by atoms with Crippen LogP contribution in [0.25, 0.3) is 0 Å². The van der Waals surface area contributed by atoms with Crippen LogP contribution >= 0.6 is 11.8 Å². The summed E-state index contributed by atoms with van der Waals surface area (Å²) in [5, 5.41) is 6.03. The van der Waals surface area contributed by atoms with Crippen LogP contribution in [0.3, 0.4) is 0 Å². The van der Waals surface area contributed by atoms with Crippen molar-refractivity contribution in [3.05, 3.63) is 48.0 Å². The molecule has 1 aliphatic heterocycles. The first-order chi connectivity index (χ1) is 8.86. The van der Waals surface area contributed by atoms with Crippen LogP contribution in [0.15, 0.2) is 42.5 Å². The Kier molecular flexibility index (Phi) is 5.30. The monoisotopic (exact) mass is 262 g/mol. The summed E-state index contributed by atoms with van der Waals surface area (Å²) in [6.07, 6.45) is 3.89. The van der Waals surface area contributed by atoms with Gasteiger partial charge in [-0.2, -0.15) is 11.8 Å². The highest BCUT2D eigenvalue weighted by Crippen LogP contribution is 2.10. The molecule has 18 heavy (non-hydrogen) atoms. The van der Waals surface area contributed by atoms with Crippen molar-refractivity contribution in [1.29, 1.82) is 0 Å². The predicted octanol–water partition coefficient (Wildman–Crippen LogP) is 1.56. The number of carbonyl (C=O) groups excluding carboxylic acids is 1. The average molecular weight is 262 g/mol. The van der Waals surface area contributed by atoms with E-state index < -0.39 is 0 Å². The molecule has 1 heterocycles. The Balaban J connectivity index is 1.56. The summed E-state index contributed by atoms with van der Waals surface area (Å²) in [4.78, 5) is 11.6. The van der Waals surface area contributed by atoms with E-state index in [-0.39, 0.29) is 11.9 Å². The summed E-state index contributed by atoms with van der Waals surface area (Å²) < 4.78 is 0. The molecule has 2 N–H and O–H groups in total. The van der Waals surface area contributed by atoms with Crippen LogP contribution in [-0.2, 0) is 10.5 Å². The Bertz CT molecular complexity index is 406. The van der Waals surface area contributed by atoms with E-state index in [2.05, 4.69) is 34.9 Å². The van der Waals surface area contributed by atoms with Gasteiger partial charge in [-0.3, -0.25) is 10.1 Å². The molecule has 0 saturated heterocycles. The second-order valence-corrected chi connectivity index (χ2v) is 5.25. The number of amides is 1. The van der Waals surface area contributed by atoms with E-state index in [1.54, 1.807) is 0 Å². The minimum atomic E-state index is -0.135. The molecule has 1 aromatic carbocycles. The van der Waals surface area contributed by atoms with E-state index in [0.29, 0.717) is 0 Å². The molecular weight excluding hydrogens is 244 g/mol. The molecule has 0 radical (unpaired) electrons. The van der Waals surface area contributed by atoms with Crippen LogP contribution < -0.4 is 10.6 Å². The molecule has 0 aromatic heterocycles. The van der Waals surface area contributed by atoms with Gasteiger partial charge in [0.1, 0.15) is 6.04 Å². The first-order valence-electron chi connectivity index (χ1n) is 6.16. The maximum absolute atomic E-state index is 11.6. The highest BCUT2D eigenvalue weighted by atomic mass is 32.2. The van der Waals surface area contributed by atoms with Gasteiger partial charge in [0, 0.05) is 24.6 Å². The second-order valence-electron chi connectivity index (χ2n) is 4.14. The molecule has 96 valence electrons. The highest BCUT2D eigenvalue weighted by Gasteiger charge is 2.16. The van der Waals surface area contributed by atoms with Gasteiger partial charge >= 0.3 is 0 Å². The molecule has 3 nitrogen and oxygen atoms in total. The van der Waals surface area contributed by atoms with Crippen LogP contribution in [0, 0.1) is 0 Å². The third-order valence-corrected chi connectivity index (χ3v) is 3.75. The Morgan fingerprint density at radius 3 is 2.94 bits per heavy atom. The van der Waals surface area contributed by atoms with Gasteiger partial charge in [-0.1, -0.05) is 42.5 Å². The van der Waals surface area contributed by atoms with E-state index in [0.717, 1.165) is 24.6 Å². The molecule has 0 spiro atoms. The minimum Gasteiger partial charge on any atom is -0.354 e. The van der Waals surface area contributed by atoms with Crippen molar-refractivity contribution in [3.8, 4) is 0 Å². The van der Waals surface area contributed by atoms with E-state index >= 15 is 0 Å². The van der Waals surface area contributed by atoms with E-state index in [1.165, 1.54) is 5.56 Å². The number of rotatable bonds is 6. The standard InChI is InChI=1S/C14H18N2OS/c17-14(13-7-4-8-15-13)16-9-10-18-11-12-5-2-1-3-6-12/h1-7,13,15H,8-11H2,(H,16,17). The lowest BCUT2D eigenvalue weighted by atomic mass is 10.2. The van der Waals surface area contributed by atoms with Crippen molar-refractivity contribution in [2.45, 2.75) is 11.8 Å². The zero-order valence-electron chi connectivity index (χ0n) is 10.3. The third-order valence-electron chi connectivity index (χ3n) is 2.72. The van der Waals surface area contributed by atoms with Crippen molar-refractivity contribution in [2.75, 3.05) is 18.8 Å². The molecule has 1 atom stereocenters. The number of nitrogens with one attached hydrogen (secondary N) is 2. The molecule has 1 amide bonds. The minimum absolute atomic E-state index is 0.0732. The number of hydrogen-bond acceptors (Lipinski definition) is 3. The van der Waals surface area contributed by atoms with Gasteiger partial charge < -0.3 is 5.32 Å². The number of benzene rings is 1. The Morgan fingerprint density at radius 2 is 2.22 bits per heavy atom. The van der Waals surface area contributed by atoms with Gasteiger partial charge in [-0.15, -0.1) is 0 Å². The van der Waals surface area contributed by atoms with Crippen molar-refractivity contribution < 1.29 is 4.79 Å². The molecule has 0 saturated carbocycles. The molecule has 2 rings (SSSR count). The third kappa shape index (κ3) is 4.20. The topological polar surface area (TPSA) is 41.1 Å². The second kappa shape index (κ2) is 7.24. The van der Waals surface area contributed by atoms with E-state index in [1.807, 2.05) is 30.0 Å². The normalized spacial score (nSPS) is 17.9. The zero-order chi connectivity index (χ0) is 12.6. The molecule has 1 aromatic rings. The van der Waals surface area contributed by atoms with Gasteiger partial charge in [0.2, 0.25) is 5.91 Å². The largest absolute Gasteiger partial charge is 0.354 e. The molecule has 0 aliphatic carbocycles. The number of carbonyl (C=O) groups is 1. The molecule has 1 unspecified atom stereocenters. The first-order valence-corrected chi connectivity index (χ1v) is 7.31. The van der Waals surface area contributed by atoms with Gasteiger partial charge in [0.25, 0.3) is 0 Å². The summed E-state index contributed by atoms with van der Waals surface area (Å²) in [6.45, 7) is 1.52. The summed E-state index contributed by atoms with van der Waals surface area (Å²) in [7, 11) is 0. The summed E-state index contributed by atoms with van der Waals surface area (Å²) >= 11 is 1.84. The van der Waals surface area contributed by atoms with E-state index in [4.69, 9.17) is 0 Å². The molecule has 0 bridgehead atoms. The molecular formula is C14H18N2OS. The molecule has 0 fully saturated rings. The Morgan fingerprint density at radius 1 is 1.39 bits per heavy atom. The zero-order valence-corrected chi connectivity index (χ0v) is 11.1. The fraction of sp³-hybridized carbons (Fsp3) is 0.357. The van der Waals surface area contributed by atoms with Crippen LogP contribution in [0.4, 0.5) is 0 Å². The predicted molar refractivity (Wildman–Crippen MR) is 76.5 cm³/mol. The number of thioether (sulfide) groups is 1. The fourth-order valence-corrected chi connectivity index (χ4v) is 2.59. The lowest BCUT2D eigenvalue weighted by Crippen LogP contribution is -2.41. The Labute approximate surface area is 112 Å². The smallest absolute Gasteiger partial charge is 0.241 e. The van der Waals surface area contributed by atoms with Crippen molar-refractivity contribution in [1.82, 2.24) is 10.6 Å². The average Bonchev–Trinajstić information content (AvgIpc) is 2.93. The van der Waals surface area contributed by atoms with E-state index in [9.17, 15) is 4.79 Å². The number of hydrogen-bond donors (Lipinski definition) is 2. The summed E-state index contributed by atoms with van der Waals surface area (Å²) in [5.41, 5.74) is 1.33. The summed E-state index contributed by atoms with van der Waals surface area (Å²) in [6, 6.07) is 10.2. The first kappa shape index (κ1) is 13.2. The lowest BCUT2D eigenvalue weighted by molar-refractivity contribution is -0.121. The maximum atomic E-state index is 11.6. The van der Waals surface area contributed by atoms with Crippen molar-refractivity contribution in [2.24, 2.45) is 0 Å². The molecule has 1 aliphatic rings. The SMILES string of the molecule is O=C(NCCSCc1ccccc1)C1C=CCN1. The van der Waals surface area contributed by atoms with Gasteiger partial charge in [0.15, 0.2) is 0 Å². The quantitative estimate of drug-likeness (QED) is 0.604. The van der Waals surface area contributed by atoms with Crippen LogP contribution in [0.1, 0.15) is 5.56 Å². The van der Waals surface area contributed by atoms with Crippen LogP contribution in [0.2, 0.25) is 0 Å². The van der Waals surface area contributed by atoms with Crippen LogP contribution in [0.5, 0.6) is 0 Å². The van der Waals surface area contributed by atoms with Crippen molar-refractivity contribution >= 4 is 17.7 Å². The fourth-order valence-electron chi connectivity index (χ4n) is 1.77. The maximum Gasteiger partial charge on any atom is 0.241 e. The van der Waals surface area contributed by atoms with Crippen molar-refractivity contribution in [3.63, 3.8) is 0 Å². The van der Waals surface area contributed by atoms with Gasteiger partial charge in [-0.25, -0.2) is 0 Å². The van der Waals surface area contributed by atoms with Gasteiger partial charge in [-0.05, 0) is 5.56 Å².